The Morgan fingerprint density at radius 1 is 1.06 bits per heavy atom. The molecule has 2 atom stereocenters. The molecule has 0 aliphatic heterocycles. The van der Waals surface area contributed by atoms with Gasteiger partial charge in [0, 0.05) is 17.6 Å². The van der Waals surface area contributed by atoms with Crippen LogP contribution < -0.4 is 10.6 Å². The minimum Gasteiger partial charge on any atom is -0.393 e. The van der Waals surface area contributed by atoms with Crippen molar-refractivity contribution in [2.24, 2.45) is 0 Å². The molecule has 4 rings (SSSR count). The van der Waals surface area contributed by atoms with Crippen LogP contribution in [0.3, 0.4) is 0 Å². The molecule has 1 amide bonds. The van der Waals surface area contributed by atoms with E-state index in [1.807, 2.05) is 36.4 Å². The van der Waals surface area contributed by atoms with Crippen LogP contribution in [0.1, 0.15) is 54.6 Å². The van der Waals surface area contributed by atoms with Crippen LogP contribution in [0.25, 0.3) is 10.9 Å². The first-order valence-corrected chi connectivity index (χ1v) is 10.8. The van der Waals surface area contributed by atoms with Crippen molar-refractivity contribution in [3.05, 3.63) is 65.9 Å². The molecule has 2 aromatic carbocycles. The van der Waals surface area contributed by atoms with Crippen molar-refractivity contribution in [2.45, 2.75) is 56.9 Å². The molecule has 0 spiro atoms. The monoisotopic (exact) mass is 420 g/mol. The third-order valence-electron chi connectivity index (χ3n) is 5.86. The van der Waals surface area contributed by atoms with Crippen molar-refractivity contribution >= 4 is 22.8 Å². The highest BCUT2D eigenvalue weighted by Crippen LogP contribution is 2.23. The molecular weight excluding hydrogens is 392 g/mol. The minimum absolute atomic E-state index is 0.211. The van der Waals surface area contributed by atoms with Gasteiger partial charge in [0.2, 0.25) is 5.95 Å². The predicted octanol–water partition coefficient (Wildman–Crippen LogP) is 3.20. The van der Waals surface area contributed by atoms with Gasteiger partial charge in [0.1, 0.15) is 0 Å². The van der Waals surface area contributed by atoms with Crippen LogP contribution in [0.15, 0.2) is 54.7 Å². The summed E-state index contributed by atoms with van der Waals surface area (Å²) in [6.45, 7) is 1.78. The Balaban J connectivity index is 1.51. The summed E-state index contributed by atoms with van der Waals surface area (Å²) in [4.78, 5) is 22.0. The lowest BCUT2D eigenvalue weighted by molar-refractivity contribution is 0.0853. The fourth-order valence-electron chi connectivity index (χ4n) is 4.01. The summed E-state index contributed by atoms with van der Waals surface area (Å²) < 4.78 is 0. The number of benzene rings is 2. The van der Waals surface area contributed by atoms with E-state index in [4.69, 9.17) is 0 Å². The van der Waals surface area contributed by atoms with Crippen molar-refractivity contribution in [3.8, 4) is 0 Å². The third kappa shape index (κ3) is 5.00. The molecule has 1 aromatic heterocycles. The average Bonchev–Trinajstić information content (AvgIpc) is 2.80. The van der Waals surface area contributed by atoms with Gasteiger partial charge in [0.25, 0.3) is 5.91 Å². The molecule has 1 aliphatic rings. The van der Waals surface area contributed by atoms with Crippen molar-refractivity contribution in [1.29, 1.82) is 0 Å². The Bertz CT molecular complexity index is 1040. The van der Waals surface area contributed by atoms with Crippen molar-refractivity contribution in [1.82, 2.24) is 15.3 Å². The first kappa shape index (κ1) is 21.2. The maximum atomic E-state index is 13.0. The first-order valence-electron chi connectivity index (χ1n) is 10.8. The Labute approximate surface area is 181 Å². The topological polar surface area (TPSA) is 107 Å². The Hall–Kier alpha value is -3.03. The van der Waals surface area contributed by atoms with Crippen LogP contribution in [0.2, 0.25) is 0 Å². The zero-order valence-corrected chi connectivity index (χ0v) is 17.5. The van der Waals surface area contributed by atoms with Crippen LogP contribution >= 0.6 is 0 Å². The lowest BCUT2D eigenvalue weighted by Crippen LogP contribution is -2.37. The SMILES string of the molecule is C[C@@H](NC(=O)c1cccc2cnc(NC3CCC(O)CC3)nc12)[C@H](O)c1ccccc1. The number of fused-ring (bicyclic) bond motifs is 1. The number of aliphatic hydroxyl groups is 2. The number of carbonyl (C=O) groups excluding carboxylic acids is 1. The van der Waals surface area contributed by atoms with E-state index in [0.29, 0.717) is 17.0 Å². The third-order valence-corrected chi connectivity index (χ3v) is 5.86. The summed E-state index contributed by atoms with van der Waals surface area (Å²) in [6, 6.07) is 14.4. The van der Waals surface area contributed by atoms with Gasteiger partial charge in [-0.15, -0.1) is 0 Å². The average molecular weight is 421 g/mol. The minimum atomic E-state index is -0.811. The van der Waals surface area contributed by atoms with E-state index in [9.17, 15) is 15.0 Å². The molecule has 1 heterocycles. The normalized spacial score (nSPS) is 20.7. The molecule has 3 aromatic rings. The number of nitrogens with zero attached hydrogens (tertiary/aromatic N) is 2. The number of anilines is 1. The van der Waals surface area contributed by atoms with E-state index in [2.05, 4.69) is 20.6 Å². The van der Waals surface area contributed by atoms with Crippen LogP contribution in [-0.2, 0) is 0 Å². The lowest BCUT2D eigenvalue weighted by Gasteiger charge is -2.26. The number of para-hydroxylation sites is 1. The fourth-order valence-corrected chi connectivity index (χ4v) is 4.01. The highest BCUT2D eigenvalue weighted by Gasteiger charge is 2.22. The Kier molecular flexibility index (Phi) is 6.44. The number of carbonyl (C=O) groups is 1. The van der Waals surface area contributed by atoms with E-state index >= 15 is 0 Å². The van der Waals surface area contributed by atoms with Crippen LogP contribution in [0.5, 0.6) is 0 Å². The van der Waals surface area contributed by atoms with E-state index in [1.54, 1.807) is 25.3 Å². The maximum absolute atomic E-state index is 13.0. The summed E-state index contributed by atoms with van der Waals surface area (Å²) in [7, 11) is 0. The van der Waals surface area contributed by atoms with Gasteiger partial charge >= 0.3 is 0 Å². The second kappa shape index (κ2) is 9.41. The Morgan fingerprint density at radius 3 is 2.55 bits per heavy atom. The first-order chi connectivity index (χ1) is 15.0. The molecule has 4 N–H and O–H groups in total. The van der Waals surface area contributed by atoms with E-state index in [1.165, 1.54) is 0 Å². The predicted molar refractivity (Wildman–Crippen MR) is 120 cm³/mol. The number of aromatic nitrogens is 2. The van der Waals surface area contributed by atoms with Gasteiger partial charge in [-0.05, 0) is 44.2 Å². The molecule has 1 fully saturated rings. The van der Waals surface area contributed by atoms with Crippen molar-refractivity contribution < 1.29 is 15.0 Å². The van der Waals surface area contributed by atoms with Crippen molar-refractivity contribution in [3.63, 3.8) is 0 Å². The number of hydrogen-bond donors (Lipinski definition) is 4. The molecule has 1 aliphatic carbocycles. The van der Waals surface area contributed by atoms with Gasteiger partial charge in [0.05, 0.1) is 29.3 Å². The molecule has 0 unspecified atom stereocenters. The van der Waals surface area contributed by atoms with Gasteiger partial charge in [-0.1, -0.05) is 42.5 Å². The summed E-state index contributed by atoms with van der Waals surface area (Å²) >= 11 is 0. The maximum Gasteiger partial charge on any atom is 0.253 e. The smallest absolute Gasteiger partial charge is 0.253 e. The highest BCUT2D eigenvalue weighted by molar-refractivity contribution is 6.05. The Morgan fingerprint density at radius 2 is 1.81 bits per heavy atom. The van der Waals surface area contributed by atoms with Crippen molar-refractivity contribution in [2.75, 3.05) is 5.32 Å². The molecule has 31 heavy (non-hydrogen) atoms. The fraction of sp³-hybridized carbons (Fsp3) is 0.375. The molecule has 0 saturated heterocycles. The van der Waals surface area contributed by atoms with E-state index in [0.717, 1.165) is 36.6 Å². The summed E-state index contributed by atoms with van der Waals surface area (Å²) in [5.41, 5.74) is 1.75. The summed E-state index contributed by atoms with van der Waals surface area (Å²) in [6.07, 6.45) is 3.93. The molecule has 7 heteroatoms. The standard InChI is InChI=1S/C24H28N4O3/c1-15(22(30)16-6-3-2-4-7-16)26-23(31)20-9-5-8-17-14-25-24(28-21(17)20)27-18-10-12-19(29)13-11-18/h2-9,14-15,18-19,22,29-30H,10-13H2,1H3,(H,26,31)(H,25,27,28)/t15-,18?,19?,22+/m1/s1. The second-order valence-corrected chi connectivity index (χ2v) is 8.20. The number of hydrogen-bond acceptors (Lipinski definition) is 6. The molecule has 1 saturated carbocycles. The van der Waals surface area contributed by atoms with E-state index < -0.39 is 12.1 Å². The summed E-state index contributed by atoms with van der Waals surface area (Å²) in [5.74, 6) is 0.185. The van der Waals surface area contributed by atoms with Crippen LogP contribution in [0, 0.1) is 0 Å². The molecule has 7 nitrogen and oxygen atoms in total. The highest BCUT2D eigenvalue weighted by atomic mass is 16.3. The number of nitrogens with one attached hydrogen (secondary N) is 2. The molecular formula is C24H28N4O3. The van der Waals surface area contributed by atoms with Gasteiger partial charge < -0.3 is 20.8 Å². The van der Waals surface area contributed by atoms with Gasteiger partial charge in [-0.2, -0.15) is 0 Å². The quantitative estimate of drug-likeness (QED) is 0.488. The largest absolute Gasteiger partial charge is 0.393 e. The van der Waals surface area contributed by atoms with Gasteiger partial charge in [0.15, 0.2) is 0 Å². The second-order valence-electron chi connectivity index (χ2n) is 8.20. The number of rotatable bonds is 6. The number of amides is 1. The van der Waals surface area contributed by atoms with Gasteiger partial charge in [-0.25, -0.2) is 9.97 Å². The molecule has 162 valence electrons. The summed E-state index contributed by atoms with van der Waals surface area (Å²) in [5, 5.41) is 27.3. The zero-order valence-electron chi connectivity index (χ0n) is 17.5. The molecule has 0 radical (unpaired) electrons. The van der Waals surface area contributed by atoms with E-state index in [-0.39, 0.29) is 18.1 Å². The van der Waals surface area contributed by atoms with Crippen LogP contribution in [0.4, 0.5) is 5.95 Å². The zero-order chi connectivity index (χ0) is 21.8. The molecule has 0 bridgehead atoms. The van der Waals surface area contributed by atoms with Gasteiger partial charge in [-0.3, -0.25) is 4.79 Å². The van der Waals surface area contributed by atoms with Crippen LogP contribution in [-0.4, -0.2) is 44.3 Å². The number of aliphatic hydroxyl groups excluding tert-OH is 2. The lowest BCUT2D eigenvalue weighted by atomic mass is 9.93.